The van der Waals surface area contributed by atoms with E-state index in [0.717, 1.165) is 16.7 Å². The number of nitrogens with one attached hydrogen (secondary N) is 2. The van der Waals surface area contributed by atoms with Crippen molar-refractivity contribution < 1.29 is 12.8 Å². The van der Waals surface area contributed by atoms with E-state index in [-0.39, 0.29) is 18.1 Å². The summed E-state index contributed by atoms with van der Waals surface area (Å²) >= 11 is 0. The summed E-state index contributed by atoms with van der Waals surface area (Å²) in [6.07, 6.45) is 6.77. The molecule has 3 aromatic rings. The number of hydrogen-bond acceptors (Lipinski definition) is 6. The highest BCUT2D eigenvalue weighted by atomic mass is 32.2. The lowest BCUT2D eigenvalue weighted by Gasteiger charge is -2.14. The van der Waals surface area contributed by atoms with Gasteiger partial charge in [-0.25, -0.2) is 17.5 Å². The van der Waals surface area contributed by atoms with Crippen molar-refractivity contribution in [2.75, 3.05) is 24.7 Å². The summed E-state index contributed by atoms with van der Waals surface area (Å²) in [6, 6.07) is 15.5. The first-order valence-electron chi connectivity index (χ1n) is 10.3. The Balaban J connectivity index is 1.85. The minimum absolute atomic E-state index is 0.0845. The highest BCUT2D eigenvalue weighted by molar-refractivity contribution is 7.89. The summed E-state index contributed by atoms with van der Waals surface area (Å²) in [4.78, 5) is 8.42. The van der Waals surface area contributed by atoms with Gasteiger partial charge in [0.1, 0.15) is 5.82 Å². The van der Waals surface area contributed by atoms with Crippen LogP contribution in [0.1, 0.15) is 11.1 Å². The summed E-state index contributed by atoms with van der Waals surface area (Å²) in [5, 5.41) is 3.14. The van der Waals surface area contributed by atoms with Gasteiger partial charge in [-0.15, -0.1) is 0 Å². The zero-order valence-electron chi connectivity index (χ0n) is 18.2. The van der Waals surface area contributed by atoms with E-state index < -0.39 is 10.0 Å². The first kappa shape index (κ1) is 24.1. The van der Waals surface area contributed by atoms with E-state index in [1.807, 2.05) is 30.3 Å². The molecule has 7 nitrogen and oxygen atoms in total. The number of aliphatic imine (C=N–C) groups is 1. The Bertz CT molecular complexity index is 1230. The highest BCUT2D eigenvalue weighted by Gasteiger charge is 2.11. The molecule has 4 N–H and O–H groups in total. The predicted octanol–water partition coefficient (Wildman–Crippen LogP) is 3.42. The van der Waals surface area contributed by atoms with Gasteiger partial charge in [0.15, 0.2) is 0 Å². The maximum absolute atomic E-state index is 13.3. The third-order valence-corrected chi connectivity index (χ3v) is 6.23. The molecule has 0 saturated carbocycles. The number of hydrogen-bond donors (Lipinski definition) is 3. The van der Waals surface area contributed by atoms with Crippen LogP contribution in [-0.4, -0.2) is 39.0 Å². The monoisotopic (exact) mass is 467 g/mol. The summed E-state index contributed by atoms with van der Waals surface area (Å²) in [5.41, 5.74) is 10.8. The molecule has 0 saturated heterocycles. The third kappa shape index (κ3) is 7.23. The second-order valence-corrected chi connectivity index (χ2v) is 9.24. The number of benzene rings is 2. The second-order valence-electron chi connectivity index (χ2n) is 7.19. The van der Waals surface area contributed by atoms with Gasteiger partial charge in [-0.3, -0.25) is 9.98 Å². The Morgan fingerprint density at radius 3 is 2.61 bits per heavy atom. The van der Waals surface area contributed by atoms with Crippen LogP contribution in [0.3, 0.4) is 0 Å². The van der Waals surface area contributed by atoms with E-state index in [9.17, 15) is 12.8 Å². The smallest absolute Gasteiger partial charge is 0.213 e. The van der Waals surface area contributed by atoms with Crippen LogP contribution in [0.25, 0.3) is 16.8 Å². The van der Waals surface area contributed by atoms with Crippen molar-refractivity contribution >= 4 is 27.6 Å². The van der Waals surface area contributed by atoms with Gasteiger partial charge in [0.25, 0.3) is 0 Å². The van der Waals surface area contributed by atoms with Crippen LogP contribution < -0.4 is 15.8 Å². The molecular weight excluding hydrogens is 441 g/mol. The SMILES string of the molecule is CNS(=O)(=O)CCNc1ccc(-c2ccc(F)cc2)cc1/C(N)=C/C=NCc1cccnc1. The van der Waals surface area contributed by atoms with E-state index in [4.69, 9.17) is 5.73 Å². The summed E-state index contributed by atoms with van der Waals surface area (Å²) < 4.78 is 39.1. The Morgan fingerprint density at radius 2 is 1.91 bits per heavy atom. The van der Waals surface area contributed by atoms with Gasteiger partial charge in [0.2, 0.25) is 10.0 Å². The molecule has 0 unspecified atom stereocenters. The molecule has 9 heteroatoms. The van der Waals surface area contributed by atoms with E-state index >= 15 is 0 Å². The number of anilines is 1. The number of rotatable bonds is 10. The zero-order chi connectivity index (χ0) is 23.7. The molecule has 33 heavy (non-hydrogen) atoms. The van der Waals surface area contributed by atoms with Gasteiger partial charge in [-0.2, -0.15) is 0 Å². The molecule has 3 rings (SSSR count). The van der Waals surface area contributed by atoms with Crippen LogP contribution in [0.4, 0.5) is 10.1 Å². The van der Waals surface area contributed by atoms with Crippen molar-refractivity contribution in [3.05, 3.63) is 90.0 Å². The number of halogens is 1. The first-order chi connectivity index (χ1) is 15.9. The quantitative estimate of drug-likeness (QED) is 0.396. The maximum Gasteiger partial charge on any atom is 0.213 e. The highest BCUT2D eigenvalue weighted by Crippen LogP contribution is 2.28. The number of allylic oxidation sites excluding steroid dienone is 1. The molecule has 1 aromatic heterocycles. The van der Waals surface area contributed by atoms with Gasteiger partial charge in [0, 0.05) is 42.1 Å². The average Bonchev–Trinajstić information content (AvgIpc) is 2.83. The van der Waals surface area contributed by atoms with Crippen LogP contribution in [-0.2, 0) is 16.6 Å². The van der Waals surface area contributed by atoms with Crippen molar-refractivity contribution in [2.45, 2.75) is 6.54 Å². The lowest BCUT2D eigenvalue weighted by molar-refractivity contribution is 0.588. The summed E-state index contributed by atoms with van der Waals surface area (Å²) in [7, 11) is -1.96. The van der Waals surface area contributed by atoms with Gasteiger partial charge in [-0.1, -0.05) is 24.3 Å². The number of sulfonamides is 1. The molecule has 2 aromatic carbocycles. The third-order valence-electron chi connectivity index (χ3n) is 4.86. The van der Waals surface area contributed by atoms with Gasteiger partial charge in [-0.05, 0) is 60.1 Å². The Hall–Kier alpha value is -3.56. The van der Waals surface area contributed by atoms with Gasteiger partial charge >= 0.3 is 0 Å². The van der Waals surface area contributed by atoms with Crippen LogP contribution in [0, 0.1) is 5.82 Å². The predicted molar refractivity (Wildman–Crippen MR) is 132 cm³/mol. The second kappa shape index (κ2) is 11.3. The maximum atomic E-state index is 13.3. The van der Waals surface area contributed by atoms with Crippen molar-refractivity contribution in [1.29, 1.82) is 0 Å². The summed E-state index contributed by atoms with van der Waals surface area (Å²) in [5.74, 6) is -0.397. The Labute approximate surface area is 193 Å². The molecule has 0 fully saturated rings. The molecule has 172 valence electrons. The molecule has 0 amide bonds. The number of nitrogens with zero attached hydrogens (tertiary/aromatic N) is 2. The molecule has 0 radical (unpaired) electrons. The first-order valence-corrected chi connectivity index (χ1v) is 11.9. The van der Waals surface area contributed by atoms with Gasteiger partial charge < -0.3 is 11.1 Å². The molecule has 0 aliphatic rings. The zero-order valence-corrected chi connectivity index (χ0v) is 19.0. The molecular formula is C24H26FN5O2S. The van der Waals surface area contributed by atoms with Crippen LogP contribution in [0.5, 0.6) is 0 Å². The fourth-order valence-electron chi connectivity index (χ4n) is 3.05. The number of pyridine rings is 1. The van der Waals surface area contributed by atoms with E-state index in [0.29, 0.717) is 23.5 Å². The number of nitrogens with two attached hydrogens (primary N) is 1. The fourth-order valence-corrected chi connectivity index (χ4v) is 3.63. The van der Waals surface area contributed by atoms with Crippen LogP contribution >= 0.6 is 0 Å². The van der Waals surface area contributed by atoms with Gasteiger partial charge in [0.05, 0.1) is 12.3 Å². The molecule has 0 aliphatic heterocycles. The van der Waals surface area contributed by atoms with Crippen molar-refractivity contribution in [1.82, 2.24) is 9.71 Å². The lowest BCUT2D eigenvalue weighted by Crippen LogP contribution is -2.26. The molecule has 0 atom stereocenters. The van der Waals surface area contributed by atoms with E-state index in [1.54, 1.807) is 36.8 Å². The van der Waals surface area contributed by atoms with E-state index in [1.165, 1.54) is 19.2 Å². The fraction of sp³-hybridized carbons (Fsp3) is 0.167. The van der Waals surface area contributed by atoms with Crippen molar-refractivity contribution in [2.24, 2.45) is 10.7 Å². The van der Waals surface area contributed by atoms with Crippen LogP contribution in [0.2, 0.25) is 0 Å². The number of aromatic nitrogens is 1. The molecule has 0 bridgehead atoms. The minimum Gasteiger partial charge on any atom is -0.398 e. The topological polar surface area (TPSA) is 109 Å². The van der Waals surface area contributed by atoms with Crippen molar-refractivity contribution in [3.63, 3.8) is 0 Å². The Morgan fingerprint density at radius 1 is 1.15 bits per heavy atom. The standard InChI is InChI=1S/C24H26FN5O2S/c1-27-33(31,32)14-13-30-24-9-6-20(19-4-7-21(25)8-5-19)15-22(24)23(26)10-12-29-17-18-3-2-11-28-16-18/h2-12,15-16,27,30H,13-14,17,26H2,1H3/b23-10-,29-12?. The molecule has 1 heterocycles. The minimum atomic E-state index is -3.34. The normalized spacial score (nSPS) is 12.2. The van der Waals surface area contributed by atoms with Crippen LogP contribution in [0.15, 0.2) is 78.1 Å². The van der Waals surface area contributed by atoms with E-state index in [2.05, 4.69) is 20.0 Å². The summed E-state index contributed by atoms with van der Waals surface area (Å²) in [6.45, 7) is 0.675. The Kier molecular flexibility index (Phi) is 8.28. The lowest BCUT2D eigenvalue weighted by atomic mass is 10.00. The average molecular weight is 468 g/mol. The van der Waals surface area contributed by atoms with Crippen molar-refractivity contribution in [3.8, 4) is 11.1 Å². The largest absolute Gasteiger partial charge is 0.398 e. The molecule has 0 spiro atoms. The molecule has 0 aliphatic carbocycles.